The smallest absolute Gasteiger partial charge is 0.233 e. The molecule has 144 valence electrons. The van der Waals surface area contributed by atoms with Gasteiger partial charge >= 0.3 is 0 Å². The zero-order valence-electron chi connectivity index (χ0n) is 15.9. The summed E-state index contributed by atoms with van der Waals surface area (Å²) >= 11 is 1.41. The monoisotopic (exact) mass is 400 g/mol. The van der Waals surface area contributed by atoms with Gasteiger partial charge in [-0.15, -0.1) is 11.3 Å². The van der Waals surface area contributed by atoms with Crippen LogP contribution in [0.1, 0.15) is 29.5 Å². The third-order valence-electron chi connectivity index (χ3n) is 5.91. The summed E-state index contributed by atoms with van der Waals surface area (Å²) in [4.78, 5) is 17.6. The molecule has 0 spiro atoms. The number of carbonyl (C=O) groups is 1. The van der Waals surface area contributed by atoms with Gasteiger partial charge in [0.05, 0.1) is 5.41 Å². The van der Waals surface area contributed by atoms with Gasteiger partial charge in [0.15, 0.2) is 5.13 Å². The lowest BCUT2D eigenvalue weighted by Gasteiger charge is -2.31. The van der Waals surface area contributed by atoms with Crippen LogP contribution in [0.15, 0.2) is 72.2 Å². The molecule has 0 aliphatic heterocycles. The summed E-state index contributed by atoms with van der Waals surface area (Å²) in [5, 5.41) is 17.9. The highest BCUT2D eigenvalue weighted by Crippen LogP contribution is 2.52. The van der Waals surface area contributed by atoms with Crippen molar-refractivity contribution in [3.8, 4) is 5.75 Å². The number of rotatable bonds is 3. The Hall–Kier alpha value is -3.18. The minimum atomic E-state index is -0.690. The predicted octanol–water partition coefficient (Wildman–Crippen LogP) is 5.33. The molecule has 0 radical (unpaired) electrons. The maximum Gasteiger partial charge on any atom is 0.233 e. The molecular formula is C24H20N2O2S. The van der Waals surface area contributed by atoms with Gasteiger partial charge in [-0.05, 0) is 52.9 Å². The van der Waals surface area contributed by atoms with Crippen molar-refractivity contribution in [3.63, 3.8) is 0 Å². The third-order valence-corrected chi connectivity index (χ3v) is 6.60. The molecule has 1 heterocycles. The number of anilines is 1. The van der Waals surface area contributed by atoms with Crippen molar-refractivity contribution in [1.29, 1.82) is 0 Å². The SMILES string of the molecule is C[C@@]1(C(=O)Nc2nccs2)Cc2ccc(O)cc2[C@H]1c1ccc2ccccc2c1. The van der Waals surface area contributed by atoms with Gasteiger partial charge in [-0.2, -0.15) is 0 Å². The third kappa shape index (κ3) is 2.98. The number of nitrogens with zero attached hydrogens (tertiary/aromatic N) is 1. The molecule has 3 aromatic carbocycles. The first-order chi connectivity index (χ1) is 14.0. The molecule has 2 atom stereocenters. The number of hydrogen-bond acceptors (Lipinski definition) is 4. The summed E-state index contributed by atoms with van der Waals surface area (Å²) in [6.07, 6.45) is 2.29. The number of fused-ring (bicyclic) bond motifs is 2. The number of amides is 1. The Morgan fingerprint density at radius 1 is 1.14 bits per heavy atom. The fourth-order valence-corrected chi connectivity index (χ4v) is 5.05. The molecule has 0 saturated carbocycles. The van der Waals surface area contributed by atoms with Gasteiger partial charge < -0.3 is 10.4 Å². The number of phenols is 1. The second kappa shape index (κ2) is 6.71. The zero-order chi connectivity index (χ0) is 20.0. The van der Waals surface area contributed by atoms with Crippen LogP contribution in [-0.4, -0.2) is 16.0 Å². The van der Waals surface area contributed by atoms with E-state index in [2.05, 4.69) is 40.6 Å². The Morgan fingerprint density at radius 3 is 2.76 bits per heavy atom. The fourth-order valence-electron chi connectivity index (χ4n) is 4.52. The van der Waals surface area contributed by atoms with Crippen LogP contribution in [0.2, 0.25) is 0 Å². The first kappa shape index (κ1) is 17.9. The van der Waals surface area contributed by atoms with E-state index in [0.29, 0.717) is 11.6 Å². The Labute approximate surface area is 172 Å². The number of aromatic hydroxyl groups is 1. The van der Waals surface area contributed by atoms with E-state index in [-0.39, 0.29) is 17.6 Å². The molecule has 0 bridgehead atoms. The van der Waals surface area contributed by atoms with Crippen molar-refractivity contribution in [2.24, 2.45) is 5.41 Å². The Kier molecular flexibility index (Phi) is 4.14. The van der Waals surface area contributed by atoms with Gasteiger partial charge in [-0.1, -0.05) is 48.5 Å². The van der Waals surface area contributed by atoms with Crippen LogP contribution in [0.25, 0.3) is 10.8 Å². The molecule has 0 fully saturated rings. The summed E-state index contributed by atoms with van der Waals surface area (Å²) in [5.74, 6) is 0.00888. The summed E-state index contributed by atoms with van der Waals surface area (Å²) in [7, 11) is 0. The van der Waals surface area contributed by atoms with Gasteiger partial charge in [0.1, 0.15) is 5.75 Å². The number of phenolic OH excluding ortho intramolecular Hbond substituents is 1. The molecule has 1 amide bonds. The molecule has 4 aromatic rings. The average molecular weight is 401 g/mol. The van der Waals surface area contributed by atoms with Crippen molar-refractivity contribution >= 4 is 33.1 Å². The Balaban J connectivity index is 1.64. The molecule has 5 rings (SSSR count). The average Bonchev–Trinajstić information content (AvgIpc) is 3.33. The van der Waals surface area contributed by atoms with Crippen LogP contribution in [-0.2, 0) is 11.2 Å². The molecule has 5 heteroatoms. The van der Waals surface area contributed by atoms with Crippen molar-refractivity contribution in [2.75, 3.05) is 5.32 Å². The molecule has 1 aromatic heterocycles. The van der Waals surface area contributed by atoms with E-state index in [1.54, 1.807) is 18.3 Å². The number of benzene rings is 3. The van der Waals surface area contributed by atoms with E-state index in [4.69, 9.17) is 0 Å². The van der Waals surface area contributed by atoms with E-state index in [9.17, 15) is 9.90 Å². The van der Waals surface area contributed by atoms with Crippen molar-refractivity contribution < 1.29 is 9.90 Å². The highest BCUT2D eigenvalue weighted by atomic mass is 32.1. The lowest BCUT2D eigenvalue weighted by Crippen LogP contribution is -2.37. The Bertz CT molecular complexity index is 1220. The molecule has 29 heavy (non-hydrogen) atoms. The van der Waals surface area contributed by atoms with Crippen molar-refractivity contribution in [2.45, 2.75) is 19.3 Å². The van der Waals surface area contributed by atoms with E-state index >= 15 is 0 Å². The van der Waals surface area contributed by atoms with Crippen LogP contribution in [0.3, 0.4) is 0 Å². The molecule has 1 aliphatic rings. The first-order valence-corrected chi connectivity index (χ1v) is 10.4. The van der Waals surface area contributed by atoms with E-state index in [0.717, 1.165) is 22.1 Å². The van der Waals surface area contributed by atoms with Gasteiger partial charge in [0, 0.05) is 17.5 Å². The number of aromatic nitrogens is 1. The van der Waals surface area contributed by atoms with Crippen LogP contribution in [0, 0.1) is 5.41 Å². The van der Waals surface area contributed by atoms with E-state index in [1.807, 2.05) is 30.5 Å². The van der Waals surface area contributed by atoms with Gasteiger partial charge in [-0.3, -0.25) is 4.79 Å². The van der Waals surface area contributed by atoms with Crippen LogP contribution >= 0.6 is 11.3 Å². The standard InChI is InChI=1S/C24H20N2O2S/c1-24(22(28)26-23-25-10-11-29-23)14-18-8-9-19(27)13-20(18)21(24)17-7-6-15-4-2-3-5-16(15)12-17/h2-13,21,27H,14H2,1H3,(H,25,26,28)/t21-,24-/m1/s1. The second-order valence-corrected chi connectivity index (χ2v) is 8.70. The minimum absolute atomic E-state index is 0.0544. The second-order valence-electron chi connectivity index (χ2n) is 7.81. The van der Waals surface area contributed by atoms with Gasteiger partial charge in [0.25, 0.3) is 0 Å². The number of nitrogens with one attached hydrogen (secondary N) is 1. The molecule has 4 nitrogen and oxygen atoms in total. The number of carbonyl (C=O) groups excluding carboxylic acids is 1. The summed E-state index contributed by atoms with van der Waals surface area (Å²) < 4.78 is 0. The van der Waals surface area contributed by atoms with Crippen LogP contribution in [0.5, 0.6) is 5.75 Å². The maximum absolute atomic E-state index is 13.4. The predicted molar refractivity (Wildman–Crippen MR) is 116 cm³/mol. The highest BCUT2D eigenvalue weighted by Gasteiger charge is 2.49. The van der Waals surface area contributed by atoms with Crippen LogP contribution in [0.4, 0.5) is 5.13 Å². The fraction of sp³-hybridized carbons (Fsp3) is 0.167. The van der Waals surface area contributed by atoms with Crippen molar-refractivity contribution in [3.05, 3.63) is 88.9 Å². The summed E-state index contributed by atoms with van der Waals surface area (Å²) in [6.45, 7) is 2.01. The van der Waals surface area contributed by atoms with Gasteiger partial charge in [-0.25, -0.2) is 4.98 Å². The normalized spacial score (nSPS) is 20.5. The molecule has 0 saturated heterocycles. The largest absolute Gasteiger partial charge is 0.508 e. The molecule has 2 N–H and O–H groups in total. The minimum Gasteiger partial charge on any atom is -0.508 e. The summed E-state index contributed by atoms with van der Waals surface area (Å²) in [6, 6.07) is 20.0. The quantitative estimate of drug-likeness (QED) is 0.488. The Morgan fingerprint density at radius 2 is 1.97 bits per heavy atom. The maximum atomic E-state index is 13.4. The lowest BCUT2D eigenvalue weighted by molar-refractivity contribution is -0.125. The topological polar surface area (TPSA) is 62.2 Å². The number of hydrogen-bond donors (Lipinski definition) is 2. The van der Waals surface area contributed by atoms with Crippen molar-refractivity contribution in [1.82, 2.24) is 4.98 Å². The molecule has 1 aliphatic carbocycles. The number of thiazole rings is 1. The lowest BCUT2D eigenvalue weighted by atomic mass is 9.73. The van der Waals surface area contributed by atoms with Gasteiger partial charge in [0.2, 0.25) is 5.91 Å². The molecular weight excluding hydrogens is 380 g/mol. The van der Waals surface area contributed by atoms with E-state index < -0.39 is 5.41 Å². The first-order valence-electron chi connectivity index (χ1n) is 9.56. The highest BCUT2D eigenvalue weighted by molar-refractivity contribution is 7.13. The molecule has 0 unspecified atom stereocenters. The summed E-state index contributed by atoms with van der Waals surface area (Å²) in [5.41, 5.74) is 2.49. The van der Waals surface area contributed by atoms with Crippen LogP contribution < -0.4 is 5.32 Å². The van der Waals surface area contributed by atoms with E-state index in [1.165, 1.54) is 16.7 Å². The zero-order valence-corrected chi connectivity index (χ0v) is 16.7.